The summed E-state index contributed by atoms with van der Waals surface area (Å²) in [7, 11) is 0. The molecule has 4 unspecified atom stereocenters. The lowest BCUT2D eigenvalue weighted by atomic mass is 9.82. The molecule has 456 valence electrons. The number of carboxylic acid groups (broad SMARTS) is 1. The number of rotatable bonds is 14. The van der Waals surface area contributed by atoms with Gasteiger partial charge in [-0.05, 0) is 130 Å². The normalized spacial score (nSPS) is 24.0. The van der Waals surface area contributed by atoms with Crippen LogP contribution in [-0.2, 0) is 19.2 Å². The van der Waals surface area contributed by atoms with Crippen LogP contribution in [0.5, 0.6) is 0 Å². The summed E-state index contributed by atoms with van der Waals surface area (Å²) in [6.07, 6.45) is 13.0. The van der Waals surface area contributed by atoms with Gasteiger partial charge in [0.1, 0.15) is 23.3 Å². The van der Waals surface area contributed by atoms with Gasteiger partial charge in [-0.25, -0.2) is 17.6 Å². The summed E-state index contributed by atoms with van der Waals surface area (Å²) in [6.45, 7) is 35.0. The lowest BCUT2D eigenvalue weighted by Crippen LogP contribution is -2.58. The minimum absolute atomic E-state index is 0.0712. The predicted octanol–water partition coefficient (Wildman–Crippen LogP) is 10.1. The molecule has 2 N–H and O–H groups in total. The standard InChI is InChI=1S/C32H50F2N4O2.C17H33N3O.C15H19F2NO2/c1-22(2)38(23(3)39)21-30(24-10-8-7-9-11-24)35-14-16-36(17-15-35)31(40)28-20-37(32(4,5)6)19-27(28)26-13-12-25(33)18-29(26)34;1-14(2)20(15(3)21)13-17(16-7-5-4-6-8-16)19-11-9-18-10-12-19;1-15(2,3)18-7-11(12(8-18)14(19)20)10-5-4-9(16)6-13(10)17/h12-13,18,22,24,27-28,30H,7-11,14-17,19-21H2,1-6H3;14,16-18H,4-13H2,1-3H3;4-6,11-12H,7-8H2,1-3H3,(H,19,20)/t27-,28?,30?;;11-,12?/m0.0/s1. The molecule has 81 heavy (non-hydrogen) atoms. The van der Waals surface area contributed by atoms with Crippen molar-refractivity contribution in [2.75, 3.05) is 91.6 Å². The molecule has 2 aromatic carbocycles. The van der Waals surface area contributed by atoms with Gasteiger partial charge in [0.05, 0.1) is 11.8 Å². The van der Waals surface area contributed by atoms with E-state index in [2.05, 4.69) is 73.4 Å². The second kappa shape index (κ2) is 29.6. The molecule has 0 radical (unpaired) electrons. The zero-order valence-electron chi connectivity index (χ0n) is 51.4. The number of carboxylic acids is 1. The van der Waals surface area contributed by atoms with E-state index in [-0.39, 0.29) is 52.2 Å². The molecule has 6 atom stereocenters. The van der Waals surface area contributed by atoms with Crippen LogP contribution in [-0.4, -0.2) is 190 Å². The summed E-state index contributed by atoms with van der Waals surface area (Å²) in [5, 5.41) is 12.8. The zero-order valence-corrected chi connectivity index (χ0v) is 51.4. The predicted molar refractivity (Wildman–Crippen MR) is 314 cm³/mol. The average molecular weight is 1140 g/mol. The lowest BCUT2D eigenvalue weighted by molar-refractivity contribution is -0.142. The number of likely N-dealkylation sites (tertiary alicyclic amines) is 2. The second-order valence-corrected chi connectivity index (χ2v) is 26.9. The van der Waals surface area contributed by atoms with Crippen molar-refractivity contribution in [1.82, 2.24) is 39.6 Å². The molecule has 3 amide bonds. The van der Waals surface area contributed by atoms with Crippen molar-refractivity contribution in [1.29, 1.82) is 0 Å². The third kappa shape index (κ3) is 17.9. The van der Waals surface area contributed by atoms with E-state index in [4.69, 9.17) is 0 Å². The van der Waals surface area contributed by atoms with Gasteiger partial charge in [-0.3, -0.25) is 38.8 Å². The highest BCUT2D eigenvalue weighted by Crippen LogP contribution is 2.40. The number of carbonyl (C=O) groups is 4. The molecular weight excluding hydrogens is 1040 g/mol. The van der Waals surface area contributed by atoms with Crippen molar-refractivity contribution in [3.8, 4) is 0 Å². The first-order valence-corrected chi connectivity index (χ1v) is 30.8. The maximum atomic E-state index is 14.9. The topological polar surface area (TPSA) is 123 Å². The van der Waals surface area contributed by atoms with Crippen molar-refractivity contribution in [3.05, 3.63) is 70.8 Å². The number of aliphatic carboxylic acids is 1. The molecule has 0 aromatic heterocycles. The Labute approximate surface area is 483 Å². The van der Waals surface area contributed by atoms with E-state index < -0.39 is 41.1 Å². The van der Waals surface area contributed by atoms with Gasteiger partial charge in [-0.1, -0.05) is 50.7 Å². The summed E-state index contributed by atoms with van der Waals surface area (Å²) in [5.74, 6) is -3.47. The molecule has 13 nitrogen and oxygen atoms in total. The lowest BCUT2D eigenvalue weighted by Gasteiger charge is -2.46. The molecule has 17 heteroatoms. The third-order valence-corrected chi connectivity index (χ3v) is 18.8. The summed E-state index contributed by atoms with van der Waals surface area (Å²) in [4.78, 5) is 65.3. The highest BCUT2D eigenvalue weighted by molar-refractivity contribution is 5.81. The Kier molecular flexibility index (Phi) is 24.1. The number of hydrogen-bond donors (Lipinski definition) is 2. The molecule has 6 aliphatic rings. The van der Waals surface area contributed by atoms with Crippen molar-refractivity contribution in [2.45, 2.75) is 194 Å². The van der Waals surface area contributed by atoms with Crippen molar-refractivity contribution in [3.63, 3.8) is 0 Å². The van der Waals surface area contributed by atoms with Gasteiger partial charge < -0.3 is 25.1 Å². The number of carbonyl (C=O) groups excluding carboxylic acids is 3. The number of benzene rings is 2. The van der Waals surface area contributed by atoms with Gasteiger partial charge in [0.2, 0.25) is 17.7 Å². The van der Waals surface area contributed by atoms with Gasteiger partial charge in [0.15, 0.2) is 0 Å². The Bertz CT molecular complexity index is 2340. The summed E-state index contributed by atoms with van der Waals surface area (Å²) in [6, 6.07) is 8.41. The van der Waals surface area contributed by atoms with Gasteiger partial charge in [0.25, 0.3) is 0 Å². The molecular formula is C64H102F4N8O5. The molecule has 0 spiro atoms. The van der Waals surface area contributed by atoms with Crippen LogP contribution < -0.4 is 5.32 Å². The molecule has 0 bridgehead atoms. The van der Waals surface area contributed by atoms with Crippen LogP contribution >= 0.6 is 0 Å². The Morgan fingerprint density at radius 2 is 0.951 bits per heavy atom. The Morgan fingerprint density at radius 1 is 0.568 bits per heavy atom. The molecule has 2 aliphatic carbocycles. The first-order valence-electron chi connectivity index (χ1n) is 30.8. The van der Waals surface area contributed by atoms with Crippen molar-refractivity contribution < 1.29 is 41.8 Å². The van der Waals surface area contributed by atoms with Crippen LogP contribution in [0.1, 0.15) is 170 Å². The van der Waals surface area contributed by atoms with Crippen molar-refractivity contribution >= 4 is 23.7 Å². The average Bonchev–Trinajstić information content (AvgIpc) is 4.15. The SMILES string of the molecule is CC(=O)N(CC(C1CCCCC1)N1CCN(C(=O)C2CN(C(C)(C)C)C[C@H]2c2ccc(F)cc2F)CC1)C(C)C.CC(=O)N(CC(C1CCCCC1)N1CCNCC1)C(C)C.CC(C)(C)N1CC(C(=O)O)[C@H](c2ccc(F)cc2F)C1. The largest absolute Gasteiger partial charge is 0.481 e. The van der Waals surface area contributed by atoms with Crippen LogP contribution in [0.25, 0.3) is 0 Å². The number of halogens is 4. The van der Waals surface area contributed by atoms with Crippen LogP contribution in [0, 0.1) is 46.9 Å². The fraction of sp³-hybridized carbons (Fsp3) is 0.750. The second-order valence-electron chi connectivity index (χ2n) is 26.9. The molecule has 8 rings (SSSR count). The van der Waals surface area contributed by atoms with Crippen molar-refractivity contribution in [2.24, 2.45) is 23.7 Å². The highest BCUT2D eigenvalue weighted by Gasteiger charge is 2.46. The maximum absolute atomic E-state index is 14.9. The van der Waals surface area contributed by atoms with Crippen LogP contribution in [0.15, 0.2) is 36.4 Å². The summed E-state index contributed by atoms with van der Waals surface area (Å²) >= 11 is 0. The monoisotopic (exact) mass is 1140 g/mol. The van der Waals surface area contributed by atoms with Crippen LogP contribution in [0.4, 0.5) is 17.6 Å². The molecule has 4 heterocycles. The number of hydrogen-bond acceptors (Lipinski definition) is 9. The molecule has 2 aromatic rings. The fourth-order valence-corrected chi connectivity index (χ4v) is 13.9. The zero-order chi connectivity index (χ0) is 59.5. The van der Waals surface area contributed by atoms with Gasteiger partial charge in [-0.2, -0.15) is 0 Å². The third-order valence-electron chi connectivity index (χ3n) is 18.8. The van der Waals surface area contributed by atoms with Crippen LogP contribution in [0.2, 0.25) is 0 Å². The summed E-state index contributed by atoms with van der Waals surface area (Å²) < 4.78 is 55.5. The Hall–Kier alpha value is -4.16. The van der Waals surface area contributed by atoms with E-state index >= 15 is 0 Å². The molecule has 4 aliphatic heterocycles. The number of nitrogens with zero attached hydrogens (tertiary/aromatic N) is 7. The van der Waals surface area contributed by atoms with Gasteiger partial charge >= 0.3 is 5.97 Å². The fourth-order valence-electron chi connectivity index (χ4n) is 13.9. The van der Waals surface area contributed by atoms with E-state index in [1.807, 2.05) is 35.5 Å². The molecule has 4 saturated heterocycles. The van der Waals surface area contributed by atoms with E-state index in [1.54, 1.807) is 13.8 Å². The van der Waals surface area contributed by atoms with Gasteiger partial charge in [0, 0.05) is 165 Å². The minimum atomic E-state index is -0.939. The number of amides is 3. The Balaban J connectivity index is 0.000000216. The first kappa shape index (κ1) is 66.0. The summed E-state index contributed by atoms with van der Waals surface area (Å²) in [5.41, 5.74) is 0.374. The van der Waals surface area contributed by atoms with Crippen LogP contribution in [0.3, 0.4) is 0 Å². The van der Waals surface area contributed by atoms with E-state index in [0.717, 1.165) is 70.4 Å². The molecule has 6 fully saturated rings. The minimum Gasteiger partial charge on any atom is -0.481 e. The van der Waals surface area contributed by atoms with E-state index in [9.17, 15) is 41.8 Å². The quantitative estimate of drug-likeness (QED) is 0.177. The maximum Gasteiger partial charge on any atom is 0.308 e. The Morgan fingerprint density at radius 3 is 1.31 bits per heavy atom. The smallest absolute Gasteiger partial charge is 0.308 e. The number of piperazine rings is 2. The van der Waals surface area contributed by atoms with E-state index in [0.29, 0.717) is 68.9 Å². The first-order chi connectivity index (χ1) is 38.2. The molecule has 2 saturated carbocycles. The number of nitrogens with one attached hydrogen (secondary N) is 1. The highest BCUT2D eigenvalue weighted by atomic mass is 19.1. The van der Waals surface area contributed by atoms with E-state index in [1.165, 1.54) is 88.5 Å². The van der Waals surface area contributed by atoms with Gasteiger partial charge in [-0.15, -0.1) is 0 Å².